The van der Waals surface area contributed by atoms with E-state index in [4.69, 9.17) is 15.6 Å². The van der Waals surface area contributed by atoms with E-state index in [-0.39, 0.29) is 5.56 Å². The lowest BCUT2D eigenvalue weighted by atomic mass is 10.1. The van der Waals surface area contributed by atoms with Crippen LogP contribution in [0.4, 0.5) is 14.5 Å². The van der Waals surface area contributed by atoms with Crippen LogP contribution in [-0.2, 0) is 0 Å². The lowest BCUT2D eigenvalue weighted by Crippen LogP contribution is -2.39. The molecule has 0 aliphatic rings. The fourth-order valence-corrected chi connectivity index (χ4v) is 1.37. The summed E-state index contributed by atoms with van der Waals surface area (Å²) >= 11 is 0. The first-order valence-corrected chi connectivity index (χ1v) is 5.68. The number of hydrogen-bond acceptors (Lipinski definition) is 4. The van der Waals surface area contributed by atoms with Crippen LogP contribution >= 0.6 is 0 Å². The van der Waals surface area contributed by atoms with Gasteiger partial charge in [-0.1, -0.05) is 0 Å². The molecule has 0 fully saturated rings. The standard InChI is InChI=1S/C12H16F2N2O3/c1-2-19-10-4-8(3-9(15)5-10)11(18)16-6-12(13,14)7-17/h3-5,17H,2,6-7,15H2,1H3,(H,16,18). The maximum absolute atomic E-state index is 12.8. The van der Waals surface area contributed by atoms with Crippen molar-refractivity contribution in [3.05, 3.63) is 23.8 Å². The minimum atomic E-state index is -3.35. The van der Waals surface area contributed by atoms with Gasteiger partial charge in [0.1, 0.15) is 12.4 Å². The second kappa shape index (κ2) is 6.33. The summed E-state index contributed by atoms with van der Waals surface area (Å²) in [5.74, 6) is -3.67. The van der Waals surface area contributed by atoms with Crippen LogP contribution in [0, 0.1) is 0 Å². The molecule has 1 aromatic rings. The van der Waals surface area contributed by atoms with Crippen molar-refractivity contribution in [3.8, 4) is 5.75 Å². The van der Waals surface area contributed by atoms with Gasteiger partial charge in [-0.2, -0.15) is 0 Å². The Morgan fingerprint density at radius 3 is 2.74 bits per heavy atom. The molecule has 0 saturated carbocycles. The largest absolute Gasteiger partial charge is 0.494 e. The lowest BCUT2D eigenvalue weighted by molar-refractivity contribution is -0.0462. The van der Waals surface area contributed by atoms with E-state index < -0.39 is 25.0 Å². The Balaban J connectivity index is 2.76. The van der Waals surface area contributed by atoms with Crippen LogP contribution in [0.25, 0.3) is 0 Å². The van der Waals surface area contributed by atoms with Gasteiger partial charge in [-0.25, -0.2) is 8.78 Å². The molecule has 5 nitrogen and oxygen atoms in total. The van der Waals surface area contributed by atoms with Crippen LogP contribution in [0.1, 0.15) is 17.3 Å². The predicted molar refractivity (Wildman–Crippen MR) is 66.4 cm³/mol. The number of carbonyl (C=O) groups excluding carboxylic acids is 1. The van der Waals surface area contributed by atoms with E-state index in [1.165, 1.54) is 18.2 Å². The van der Waals surface area contributed by atoms with E-state index in [1.807, 2.05) is 5.32 Å². The third kappa shape index (κ3) is 4.70. The number of anilines is 1. The van der Waals surface area contributed by atoms with Crippen LogP contribution in [0.15, 0.2) is 18.2 Å². The number of aliphatic hydroxyl groups excluding tert-OH is 1. The molecular formula is C12H16F2N2O3. The minimum Gasteiger partial charge on any atom is -0.494 e. The van der Waals surface area contributed by atoms with Crippen LogP contribution in [-0.4, -0.2) is 36.7 Å². The Morgan fingerprint density at radius 2 is 2.16 bits per heavy atom. The summed E-state index contributed by atoms with van der Waals surface area (Å²) in [6.45, 7) is -0.104. The molecule has 0 bridgehead atoms. The SMILES string of the molecule is CCOc1cc(N)cc(C(=O)NCC(F)(F)CO)c1. The molecule has 1 amide bonds. The fourth-order valence-electron chi connectivity index (χ4n) is 1.37. The van der Waals surface area contributed by atoms with Crippen molar-refractivity contribution >= 4 is 11.6 Å². The van der Waals surface area contributed by atoms with Crippen molar-refractivity contribution in [1.29, 1.82) is 0 Å². The molecule has 0 unspecified atom stereocenters. The highest BCUT2D eigenvalue weighted by atomic mass is 19.3. The molecule has 106 valence electrons. The Labute approximate surface area is 109 Å². The zero-order valence-electron chi connectivity index (χ0n) is 10.5. The average molecular weight is 274 g/mol. The van der Waals surface area contributed by atoms with Crippen molar-refractivity contribution < 1.29 is 23.4 Å². The third-order valence-corrected chi connectivity index (χ3v) is 2.24. The van der Waals surface area contributed by atoms with Crippen LogP contribution in [0.2, 0.25) is 0 Å². The zero-order chi connectivity index (χ0) is 14.5. The third-order valence-electron chi connectivity index (χ3n) is 2.24. The number of hydrogen-bond donors (Lipinski definition) is 3. The van der Waals surface area contributed by atoms with Crippen LogP contribution in [0.3, 0.4) is 0 Å². The van der Waals surface area contributed by atoms with E-state index in [9.17, 15) is 13.6 Å². The molecular weight excluding hydrogens is 258 g/mol. The first-order valence-electron chi connectivity index (χ1n) is 5.68. The summed E-state index contributed by atoms with van der Waals surface area (Å²) in [6, 6.07) is 4.30. The maximum Gasteiger partial charge on any atom is 0.287 e. The zero-order valence-corrected chi connectivity index (χ0v) is 10.5. The number of nitrogens with one attached hydrogen (secondary N) is 1. The number of benzene rings is 1. The van der Waals surface area contributed by atoms with E-state index in [0.717, 1.165) is 0 Å². The molecule has 0 saturated heterocycles. The summed E-state index contributed by atoms with van der Waals surface area (Å²) in [5, 5.41) is 10.4. The molecule has 19 heavy (non-hydrogen) atoms. The molecule has 0 heterocycles. The van der Waals surface area contributed by atoms with Crippen LogP contribution in [0.5, 0.6) is 5.75 Å². The van der Waals surface area contributed by atoms with Crippen molar-refractivity contribution in [1.82, 2.24) is 5.32 Å². The summed E-state index contributed by atoms with van der Waals surface area (Å²) in [6.07, 6.45) is 0. The summed E-state index contributed by atoms with van der Waals surface area (Å²) in [5.41, 5.74) is 6.01. The van der Waals surface area contributed by atoms with E-state index in [2.05, 4.69) is 0 Å². The Hall–Kier alpha value is -1.89. The number of alkyl halides is 2. The van der Waals surface area contributed by atoms with Crippen LogP contribution < -0.4 is 15.8 Å². The van der Waals surface area contributed by atoms with E-state index in [0.29, 0.717) is 18.0 Å². The molecule has 0 atom stereocenters. The molecule has 0 aliphatic heterocycles. The van der Waals surface area contributed by atoms with Gasteiger partial charge >= 0.3 is 0 Å². The first kappa shape index (κ1) is 15.2. The lowest BCUT2D eigenvalue weighted by Gasteiger charge is -2.14. The second-order valence-electron chi connectivity index (χ2n) is 3.92. The number of ether oxygens (including phenoxy) is 1. The number of halogens is 2. The van der Waals surface area contributed by atoms with Crippen molar-refractivity contribution in [2.75, 3.05) is 25.5 Å². The highest BCUT2D eigenvalue weighted by Crippen LogP contribution is 2.19. The van der Waals surface area contributed by atoms with Crippen molar-refractivity contribution in [2.24, 2.45) is 0 Å². The van der Waals surface area contributed by atoms with Crippen molar-refractivity contribution in [3.63, 3.8) is 0 Å². The molecule has 4 N–H and O–H groups in total. The quantitative estimate of drug-likeness (QED) is 0.676. The molecule has 0 spiro atoms. The summed E-state index contributed by atoms with van der Waals surface area (Å²) in [7, 11) is 0. The Bertz CT molecular complexity index is 453. The van der Waals surface area contributed by atoms with Gasteiger partial charge < -0.3 is 20.9 Å². The van der Waals surface area contributed by atoms with Crippen molar-refractivity contribution in [2.45, 2.75) is 12.8 Å². The fraction of sp³-hybridized carbons (Fsp3) is 0.417. The van der Waals surface area contributed by atoms with Gasteiger partial charge in [0.15, 0.2) is 0 Å². The van der Waals surface area contributed by atoms with Gasteiger partial charge in [0.05, 0.1) is 13.2 Å². The van der Waals surface area contributed by atoms with Gasteiger partial charge in [0, 0.05) is 17.3 Å². The Morgan fingerprint density at radius 1 is 1.47 bits per heavy atom. The average Bonchev–Trinajstić information content (AvgIpc) is 2.36. The van der Waals surface area contributed by atoms with E-state index in [1.54, 1.807) is 6.92 Å². The van der Waals surface area contributed by atoms with Gasteiger partial charge in [0.25, 0.3) is 11.8 Å². The van der Waals surface area contributed by atoms with Gasteiger partial charge in [-0.05, 0) is 19.1 Å². The van der Waals surface area contributed by atoms with Gasteiger partial charge in [-0.3, -0.25) is 4.79 Å². The van der Waals surface area contributed by atoms with Gasteiger partial charge in [0.2, 0.25) is 0 Å². The second-order valence-corrected chi connectivity index (χ2v) is 3.92. The first-order chi connectivity index (χ1) is 8.88. The van der Waals surface area contributed by atoms with E-state index >= 15 is 0 Å². The normalized spacial score (nSPS) is 11.2. The smallest absolute Gasteiger partial charge is 0.287 e. The monoisotopic (exact) mass is 274 g/mol. The molecule has 7 heteroatoms. The minimum absolute atomic E-state index is 0.122. The highest BCUT2D eigenvalue weighted by molar-refractivity contribution is 5.95. The molecule has 0 radical (unpaired) electrons. The topological polar surface area (TPSA) is 84.6 Å². The highest BCUT2D eigenvalue weighted by Gasteiger charge is 2.28. The summed E-state index contributed by atoms with van der Waals surface area (Å²) in [4.78, 5) is 11.7. The molecule has 1 aromatic carbocycles. The van der Waals surface area contributed by atoms with Gasteiger partial charge in [-0.15, -0.1) is 0 Å². The Kier molecular flexibility index (Phi) is 5.05. The molecule has 1 rings (SSSR count). The number of rotatable bonds is 6. The maximum atomic E-state index is 12.8. The number of nitrogen functional groups attached to an aromatic ring is 1. The summed E-state index contributed by atoms with van der Waals surface area (Å²) < 4.78 is 30.8. The number of amides is 1. The molecule has 0 aliphatic carbocycles. The predicted octanol–water partition coefficient (Wildman–Crippen LogP) is 1.02. The number of nitrogens with two attached hydrogens (primary N) is 1. The number of carbonyl (C=O) groups is 1. The molecule has 0 aromatic heterocycles. The number of aliphatic hydroxyl groups is 1.